The van der Waals surface area contributed by atoms with Crippen molar-refractivity contribution in [3.05, 3.63) is 75.2 Å². The zero-order valence-corrected chi connectivity index (χ0v) is 20.8. The molecule has 9 heteroatoms. The summed E-state index contributed by atoms with van der Waals surface area (Å²) in [5.41, 5.74) is 5.60. The molecular formula is C24H22Br2N2O5. The van der Waals surface area contributed by atoms with Crippen LogP contribution in [0.4, 0.5) is 0 Å². The van der Waals surface area contributed by atoms with E-state index in [2.05, 4.69) is 42.7 Å². The number of carbonyl (C=O) groups is 3. The Balaban J connectivity index is 1.33. The molecule has 2 N–H and O–H groups in total. The molecule has 0 aliphatic rings. The van der Waals surface area contributed by atoms with Gasteiger partial charge in [0, 0.05) is 17.3 Å². The van der Waals surface area contributed by atoms with Gasteiger partial charge in [0.05, 0.1) is 17.5 Å². The first kappa shape index (κ1) is 24.7. The molecule has 7 nitrogen and oxygen atoms in total. The van der Waals surface area contributed by atoms with Crippen LogP contribution in [0.15, 0.2) is 69.6 Å². The Morgan fingerprint density at radius 1 is 0.848 bits per heavy atom. The van der Waals surface area contributed by atoms with E-state index in [1.54, 1.807) is 6.07 Å². The largest absolute Gasteiger partial charge is 0.483 e. The van der Waals surface area contributed by atoms with Gasteiger partial charge in [-0.3, -0.25) is 25.2 Å². The van der Waals surface area contributed by atoms with Crippen molar-refractivity contribution in [2.75, 3.05) is 13.2 Å². The lowest BCUT2D eigenvalue weighted by Gasteiger charge is -2.11. The molecule has 3 aromatic rings. The average Bonchev–Trinajstić information content (AvgIpc) is 2.81. The van der Waals surface area contributed by atoms with E-state index in [1.807, 2.05) is 54.6 Å². The number of nitrogens with one attached hydrogen (secondary N) is 2. The summed E-state index contributed by atoms with van der Waals surface area (Å²) in [5, 5.41) is 1.96. The maximum absolute atomic E-state index is 12.0. The number of esters is 1. The van der Waals surface area contributed by atoms with E-state index in [4.69, 9.17) is 9.47 Å². The van der Waals surface area contributed by atoms with Crippen molar-refractivity contribution >= 4 is 60.4 Å². The Labute approximate surface area is 208 Å². The Morgan fingerprint density at radius 3 is 2.39 bits per heavy atom. The van der Waals surface area contributed by atoms with E-state index in [0.29, 0.717) is 12.2 Å². The normalized spacial score (nSPS) is 10.5. The monoisotopic (exact) mass is 576 g/mol. The van der Waals surface area contributed by atoms with Gasteiger partial charge in [-0.05, 0) is 50.5 Å². The van der Waals surface area contributed by atoms with Gasteiger partial charge in [0.25, 0.3) is 5.91 Å². The number of carbonyl (C=O) groups excluding carboxylic acids is 3. The van der Waals surface area contributed by atoms with Gasteiger partial charge in [-0.2, -0.15) is 0 Å². The molecule has 0 aromatic heterocycles. The summed E-state index contributed by atoms with van der Waals surface area (Å²) in [6.45, 7) is -0.0391. The quantitative estimate of drug-likeness (QED) is 0.289. The Morgan fingerprint density at radius 2 is 1.61 bits per heavy atom. The van der Waals surface area contributed by atoms with Gasteiger partial charge in [0.15, 0.2) is 6.61 Å². The predicted molar refractivity (Wildman–Crippen MR) is 131 cm³/mol. The molecule has 0 saturated carbocycles. The zero-order chi connectivity index (χ0) is 23.6. The maximum Gasteiger partial charge on any atom is 0.306 e. The molecule has 172 valence electrons. The summed E-state index contributed by atoms with van der Waals surface area (Å²) in [7, 11) is 0. The van der Waals surface area contributed by atoms with Crippen LogP contribution < -0.4 is 15.6 Å². The third-order valence-corrected chi connectivity index (χ3v) is 5.94. The third-order valence-electron chi connectivity index (χ3n) is 4.63. The highest BCUT2D eigenvalue weighted by molar-refractivity contribution is 9.11. The van der Waals surface area contributed by atoms with Crippen LogP contribution in [0.2, 0.25) is 0 Å². The third kappa shape index (κ3) is 7.87. The summed E-state index contributed by atoms with van der Waals surface area (Å²) in [6, 6.07) is 19.1. The van der Waals surface area contributed by atoms with Gasteiger partial charge >= 0.3 is 5.97 Å². The van der Waals surface area contributed by atoms with Crippen LogP contribution in [0.1, 0.15) is 18.4 Å². The van der Waals surface area contributed by atoms with Crippen molar-refractivity contribution < 1.29 is 23.9 Å². The molecule has 0 spiro atoms. The van der Waals surface area contributed by atoms with E-state index in [-0.39, 0.29) is 26.1 Å². The highest BCUT2D eigenvalue weighted by Gasteiger charge is 2.11. The van der Waals surface area contributed by atoms with Gasteiger partial charge in [0.2, 0.25) is 5.91 Å². The first-order valence-corrected chi connectivity index (χ1v) is 11.8. The molecule has 0 aliphatic heterocycles. The van der Waals surface area contributed by atoms with Crippen molar-refractivity contribution in [1.29, 1.82) is 0 Å². The smallest absolute Gasteiger partial charge is 0.306 e. The van der Waals surface area contributed by atoms with E-state index in [9.17, 15) is 14.4 Å². The number of rotatable bonds is 9. The van der Waals surface area contributed by atoms with Crippen LogP contribution in [0.25, 0.3) is 10.8 Å². The minimum absolute atomic E-state index is 0.0762. The number of fused-ring (bicyclic) bond motifs is 1. The number of hydrazine groups is 1. The lowest BCUT2D eigenvalue weighted by molar-refractivity contribution is -0.145. The second-order valence-corrected chi connectivity index (χ2v) is 8.79. The highest BCUT2D eigenvalue weighted by atomic mass is 79.9. The Bertz CT molecular complexity index is 1140. The lowest BCUT2D eigenvalue weighted by Crippen LogP contribution is -2.43. The summed E-state index contributed by atoms with van der Waals surface area (Å²) in [4.78, 5) is 35.6. The number of halogens is 2. The van der Waals surface area contributed by atoms with Crippen LogP contribution in [-0.4, -0.2) is 31.0 Å². The first-order valence-electron chi connectivity index (χ1n) is 10.2. The molecular weight excluding hydrogens is 556 g/mol. The topological polar surface area (TPSA) is 93.7 Å². The van der Waals surface area contributed by atoms with Crippen LogP contribution in [0.5, 0.6) is 5.75 Å². The van der Waals surface area contributed by atoms with Crippen LogP contribution in [-0.2, 0) is 25.5 Å². The summed E-state index contributed by atoms with van der Waals surface area (Å²) in [6.07, 6.45) is 0.434. The Hall–Kier alpha value is -2.91. The lowest BCUT2D eigenvalue weighted by atomic mass is 10.1. The van der Waals surface area contributed by atoms with Gasteiger partial charge in [-0.1, -0.05) is 58.4 Å². The number of amides is 2. The Kier molecular flexibility index (Phi) is 9.26. The molecule has 3 aromatic carbocycles. The second kappa shape index (κ2) is 12.4. The molecule has 3 rings (SSSR count). The highest BCUT2D eigenvalue weighted by Crippen LogP contribution is 2.34. The molecule has 0 saturated heterocycles. The fourth-order valence-electron chi connectivity index (χ4n) is 2.95. The van der Waals surface area contributed by atoms with Crippen LogP contribution in [0.3, 0.4) is 0 Å². The molecule has 2 amide bonds. The molecule has 0 radical (unpaired) electrons. The van der Waals surface area contributed by atoms with Crippen molar-refractivity contribution in [2.24, 2.45) is 0 Å². The SMILES string of the molecule is O=C(CCC(=O)OCCc1ccccc1)NNC(=O)COc1ccc2cc(Br)ccc2c1Br. The van der Waals surface area contributed by atoms with Gasteiger partial charge < -0.3 is 9.47 Å². The van der Waals surface area contributed by atoms with Gasteiger partial charge in [-0.15, -0.1) is 0 Å². The zero-order valence-electron chi connectivity index (χ0n) is 17.6. The summed E-state index contributed by atoms with van der Waals surface area (Å²) in [5.74, 6) is -0.995. The fraction of sp³-hybridized carbons (Fsp3) is 0.208. The number of ether oxygens (including phenoxy) is 2. The number of hydrogen-bond acceptors (Lipinski definition) is 5. The van der Waals surface area contributed by atoms with E-state index < -0.39 is 17.8 Å². The summed E-state index contributed by atoms with van der Waals surface area (Å²) < 4.78 is 12.4. The predicted octanol–water partition coefficient (Wildman–Crippen LogP) is 4.46. The molecule has 0 aliphatic carbocycles. The fourth-order valence-corrected chi connectivity index (χ4v) is 3.94. The molecule has 0 unspecified atom stereocenters. The van der Waals surface area contributed by atoms with Crippen molar-refractivity contribution in [1.82, 2.24) is 10.9 Å². The average molecular weight is 578 g/mol. The van der Waals surface area contributed by atoms with E-state index in [0.717, 1.165) is 25.3 Å². The molecule has 33 heavy (non-hydrogen) atoms. The molecule has 0 heterocycles. The molecule has 0 atom stereocenters. The molecule has 0 bridgehead atoms. The summed E-state index contributed by atoms with van der Waals surface area (Å²) >= 11 is 6.93. The van der Waals surface area contributed by atoms with E-state index in [1.165, 1.54) is 0 Å². The number of hydrogen-bond donors (Lipinski definition) is 2. The van der Waals surface area contributed by atoms with Crippen LogP contribution in [0, 0.1) is 0 Å². The second-order valence-electron chi connectivity index (χ2n) is 7.08. The van der Waals surface area contributed by atoms with E-state index >= 15 is 0 Å². The standard InChI is InChI=1S/C24H22Br2N2O5/c25-18-7-8-19-17(14-18)6-9-20(24(19)26)33-15-22(30)28-27-21(29)10-11-23(31)32-13-12-16-4-2-1-3-5-16/h1-9,14H,10-13,15H2,(H,27,29)(H,28,30). The maximum atomic E-state index is 12.0. The minimum Gasteiger partial charge on any atom is -0.483 e. The first-order chi connectivity index (χ1) is 15.9. The van der Waals surface area contributed by atoms with Crippen molar-refractivity contribution in [3.8, 4) is 5.75 Å². The van der Waals surface area contributed by atoms with Crippen molar-refractivity contribution in [2.45, 2.75) is 19.3 Å². The van der Waals surface area contributed by atoms with Gasteiger partial charge in [-0.25, -0.2) is 0 Å². The molecule has 0 fully saturated rings. The van der Waals surface area contributed by atoms with Gasteiger partial charge in [0.1, 0.15) is 5.75 Å². The van der Waals surface area contributed by atoms with Crippen molar-refractivity contribution in [3.63, 3.8) is 0 Å². The van der Waals surface area contributed by atoms with Crippen LogP contribution >= 0.6 is 31.9 Å². The minimum atomic E-state index is -0.531. The number of benzene rings is 3.